The fourth-order valence-corrected chi connectivity index (χ4v) is 3.84. The predicted molar refractivity (Wildman–Crippen MR) is 77.9 cm³/mol. The van der Waals surface area contributed by atoms with Crippen LogP contribution in [0.4, 0.5) is 0 Å². The van der Waals surface area contributed by atoms with Gasteiger partial charge in [0.05, 0.1) is 0 Å². The van der Waals surface area contributed by atoms with Crippen molar-refractivity contribution in [2.75, 3.05) is 25.9 Å². The summed E-state index contributed by atoms with van der Waals surface area (Å²) in [5, 5.41) is 3.52. The monoisotopic (exact) mass is 262 g/mol. The Morgan fingerprint density at radius 3 is 2.72 bits per heavy atom. The van der Waals surface area contributed by atoms with Gasteiger partial charge in [0.2, 0.25) is 0 Å². The Balaban J connectivity index is 1.65. The summed E-state index contributed by atoms with van der Waals surface area (Å²) in [6, 6.07) is 9.77. The molecule has 0 radical (unpaired) electrons. The highest BCUT2D eigenvalue weighted by Crippen LogP contribution is 2.33. The average molecular weight is 262 g/mol. The van der Waals surface area contributed by atoms with E-state index in [0.717, 1.165) is 24.4 Å². The lowest BCUT2D eigenvalue weighted by molar-refractivity contribution is 0.231. The van der Waals surface area contributed by atoms with Gasteiger partial charge in [-0.25, -0.2) is 0 Å². The first kappa shape index (κ1) is 12.5. The van der Waals surface area contributed by atoms with E-state index in [1.807, 2.05) is 11.8 Å². The minimum absolute atomic E-state index is 0.727. The average Bonchev–Trinajstić information content (AvgIpc) is 2.95. The number of nitrogens with one attached hydrogen (secondary N) is 1. The number of likely N-dealkylation sites (tertiary alicyclic amines) is 1. The lowest BCUT2D eigenvalue weighted by Gasteiger charge is -2.24. The minimum atomic E-state index is 0.727. The van der Waals surface area contributed by atoms with E-state index >= 15 is 0 Å². The molecule has 2 nitrogen and oxygen atoms in total. The quantitative estimate of drug-likeness (QED) is 0.842. The Bertz CT molecular complexity index is 403. The molecule has 1 aromatic rings. The van der Waals surface area contributed by atoms with Crippen LogP contribution in [0.25, 0.3) is 0 Å². The van der Waals surface area contributed by atoms with Gasteiger partial charge in [0.1, 0.15) is 0 Å². The summed E-state index contributed by atoms with van der Waals surface area (Å²) in [5.74, 6) is 1.75. The van der Waals surface area contributed by atoms with Crippen LogP contribution in [0.15, 0.2) is 29.2 Å². The van der Waals surface area contributed by atoms with Gasteiger partial charge in [-0.15, -0.1) is 11.8 Å². The molecule has 3 heteroatoms. The van der Waals surface area contributed by atoms with Crippen molar-refractivity contribution in [3.63, 3.8) is 0 Å². The van der Waals surface area contributed by atoms with Crippen LogP contribution in [-0.4, -0.2) is 36.8 Å². The molecule has 0 aliphatic carbocycles. The third kappa shape index (κ3) is 2.31. The van der Waals surface area contributed by atoms with Crippen molar-refractivity contribution < 1.29 is 0 Å². The number of rotatable bonds is 3. The van der Waals surface area contributed by atoms with E-state index in [0.29, 0.717) is 0 Å². The molecule has 98 valence electrons. The Labute approximate surface area is 114 Å². The van der Waals surface area contributed by atoms with Gasteiger partial charge in [-0.05, 0) is 55.8 Å². The summed E-state index contributed by atoms with van der Waals surface area (Å²) in [5.41, 5.74) is 1.45. The van der Waals surface area contributed by atoms with Crippen molar-refractivity contribution in [3.8, 4) is 0 Å². The maximum Gasteiger partial charge on any atom is 0.0236 e. The molecule has 3 unspecified atom stereocenters. The molecule has 0 aromatic heterocycles. The standard InChI is InChI=1S/C15H22N2S/c1-11-15-8-16-7-13(15)10-17(11)9-12-3-5-14(18-2)6-4-12/h3-6,11,13,15-16H,7-10H2,1-2H3. The lowest BCUT2D eigenvalue weighted by atomic mass is 9.95. The fraction of sp³-hybridized carbons (Fsp3) is 0.600. The first-order valence-corrected chi connectivity index (χ1v) is 8.08. The molecule has 2 saturated heterocycles. The van der Waals surface area contributed by atoms with E-state index < -0.39 is 0 Å². The van der Waals surface area contributed by atoms with Gasteiger partial charge >= 0.3 is 0 Å². The zero-order chi connectivity index (χ0) is 12.5. The number of hydrogen-bond acceptors (Lipinski definition) is 3. The zero-order valence-corrected chi connectivity index (χ0v) is 12.0. The molecule has 1 aromatic carbocycles. The normalized spacial score (nSPS) is 31.8. The molecule has 0 bridgehead atoms. The minimum Gasteiger partial charge on any atom is -0.316 e. The summed E-state index contributed by atoms with van der Waals surface area (Å²) in [4.78, 5) is 4.01. The van der Waals surface area contributed by atoms with Crippen LogP contribution >= 0.6 is 11.8 Å². The molecule has 0 amide bonds. The molecular formula is C15H22N2S. The van der Waals surface area contributed by atoms with Crippen LogP contribution in [0.2, 0.25) is 0 Å². The largest absolute Gasteiger partial charge is 0.316 e. The lowest BCUT2D eigenvalue weighted by Crippen LogP contribution is -2.32. The SMILES string of the molecule is CSc1ccc(CN2CC3CNCC3C2C)cc1. The predicted octanol–water partition coefficient (Wildman–Crippen LogP) is 2.45. The summed E-state index contributed by atoms with van der Waals surface area (Å²) in [6.07, 6.45) is 2.13. The van der Waals surface area contributed by atoms with Crippen molar-refractivity contribution in [2.24, 2.45) is 11.8 Å². The number of hydrogen-bond donors (Lipinski definition) is 1. The van der Waals surface area contributed by atoms with Crippen molar-refractivity contribution in [1.82, 2.24) is 10.2 Å². The van der Waals surface area contributed by atoms with E-state index in [1.54, 1.807) is 0 Å². The Morgan fingerprint density at radius 1 is 1.28 bits per heavy atom. The molecule has 1 N–H and O–H groups in total. The van der Waals surface area contributed by atoms with E-state index in [1.165, 1.54) is 30.1 Å². The van der Waals surface area contributed by atoms with Crippen LogP contribution in [0.1, 0.15) is 12.5 Å². The zero-order valence-electron chi connectivity index (χ0n) is 11.2. The summed E-state index contributed by atoms with van der Waals surface area (Å²) >= 11 is 1.81. The van der Waals surface area contributed by atoms with Crippen molar-refractivity contribution in [1.29, 1.82) is 0 Å². The smallest absolute Gasteiger partial charge is 0.0236 e. The van der Waals surface area contributed by atoms with Crippen molar-refractivity contribution >= 4 is 11.8 Å². The van der Waals surface area contributed by atoms with Crippen LogP contribution in [0.5, 0.6) is 0 Å². The Morgan fingerprint density at radius 2 is 2.06 bits per heavy atom. The number of nitrogens with zero attached hydrogens (tertiary/aromatic N) is 1. The van der Waals surface area contributed by atoms with Gasteiger partial charge < -0.3 is 5.32 Å². The maximum absolute atomic E-state index is 3.52. The van der Waals surface area contributed by atoms with Gasteiger partial charge in [-0.2, -0.15) is 0 Å². The van der Waals surface area contributed by atoms with Gasteiger partial charge in [0, 0.05) is 24.0 Å². The maximum atomic E-state index is 3.52. The summed E-state index contributed by atoms with van der Waals surface area (Å²) in [7, 11) is 0. The van der Waals surface area contributed by atoms with E-state index in [-0.39, 0.29) is 0 Å². The number of thioether (sulfide) groups is 1. The van der Waals surface area contributed by atoms with Crippen LogP contribution < -0.4 is 5.32 Å². The molecule has 3 atom stereocenters. The highest BCUT2D eigenvalue weighted by Gasteiger charge is 2.41. The van der Waals surface area contributed by atoms with Gasteiger partial charge in [0.25, 0.3) is 0 Å². The molecule has 2 aliphatic heterocycles. The molecule has 0 saturated carbocycles. The highest BCUT2D eigenvalue weighted by atomic mass is 32.2. The van der Waals surface area contributed by atoms with Crippen LogP contribution in [-0.2, 0) is 6.54 Å². The molecule has 2 heterocycles. The molecule has 18 heavy (non-hydrogen) atoms. The third-order valence-corrected chi connectivity index (χ3v) is 5.34. The highest BCUT2D eigenvalue weighted by molar-refractivity contribution is 7.98. The van der Waals surface area contributed by atoms with Crippen LogP contribution in [0, 0.1) is 11.8 Å². The van der Waals surface area contributed by atoms with E-state index in [9.17, 15) is 0 Å². The second kappa shape index (κ2) is 5.24. The second-order valence-corrected chi connectivity index (χ2v) is 6.48. The van der Waals surface area contributed by atoms with E-state index in [4.69, 9.17) is 0 Å². The first-order valence-electron chi connectivity index (χ1n) is 6.85. The molecule has 2 fully saturated rings. The second-order valence-electron chi connectivity index (χ2n) is 5.60. The Kier molecular flexibility index (Phi) is 3.64. The van der Waals surface area contributed by atoms with E-state index in [2.05, 4.69) is 47.7 Å². The number of fused-ring (bicyclic) bond motifs is 1. The van der Waals surface area contributed by atoms with Gasteiger partial charge in [-0.3, -0.25) is 4.90 Å². The van der Waals surface area contributed by atoms with Crippen LogP contribution in [0.3, 0.4) is 0 Å². The molecular weight excluding hydrogens is 240 g/mol. The summed E-state index contributed by atoms with van der Waals surface area (Å²) in [6.45, 7) is 7.21. The Hall–Kier alpha value is -0.510. The molecule has 0 spiro atoms. The van der Waals surface area contributed by atoms with Gasteiger partial charge in [0.15, 0.2) is 0 Å². The third-order valence-electron chi connectivity index (χ3n) is 4.60. The molecule has 2 aliphatic rings. The van der Waals surface area contributed by atoms with Crippen molar-refractivity contribution in [3.05, 3.63) is 29.8 Å². The molecule has 3 rings (SSSR count). The first-order chi connectivity index (χ1) is 8.78. The van der Waals surface area contributed by atoms with Gasteiger partial charge in [-0.1, -0.05) is 12.1 Å². The topological polar surface area (TPSA) is 15.3 Å². The fourth-order valence-electron chi connectivity index (χ4n) is 3.43. The summed E-state index contributed by atoms with van der Waals surface area (Å²) < 4.78 is 0. The van der Waals surface area contributed by atoms with Crippen molar-refractivity contribution in [2.45, 2.75) is 24.4 Å². The number of benzene rings is 1.